The monoisotopic (exact) mass is 485 g/mol. The lowest BCUT2D eigenvalue weighted by Gasteiger charge is -2.21. The summed E-state index contributed by atoms with van der Waals surface area (Å²) in [5, 5.41) is 0.425. The van der Waals surface area contributed by atoms with Gasteiger partial charge in [0.1, 0.15) is 11.3 Å². The van der Waals surface area contributed by atoms with Crippen LogP contribution in [-0.2, 0) is 4.79 Å². The largest absolute Gasteiger partial charge is 0.309 e. The van der Waals surface area contributed by atoms with Crippen LogP contribution in [-0.4, -0.2) is 48.7 Å². The molecule has 3 rings (SSSR count). The van der Waals surface area contributed by atoms with Crippen molar-refractivity contribution in [2.75, 3.05) is 37.8 Å². The molecule has 1 aromatic heterocycles. The number of nitrogens with zero attached hydrogens (tertiary/aromatic N) is 3. The van der Waals surface area contributed by atoms with Gasteiger partial charge in [-0.2, -0.15) is 0 Å². The molecule has 0 saturated carbocycles. The zero-order valence-corrected chi connectivity index (χ0v) is 20.0. The number of benzene rings is 2. The van der Waals surface area contributed by atoms with Crippen LogP contribution in [0.2, 0.25) is 0 Å². The molecule has 3 aromatic rings. The van der Waals surface area contributed by atoms with Crippen LogP contribution in [0.15, 0.2) is 47.4 Å². The van der Waals surface area contributed by atoms with Crippen LogP contribution in [0.5, 0.6) is 0 Å². The maximum atomic E-state index is 14.1. The van der Waals surface area contributed by atoms with Gasteiger partial charge in [0, 0.05) is 23.9 Å². The van der Waals surface area contributed by atoms with Crippen LogP contribution < -0.4 is 4.90 Å². The number of carbonyl (C=O) groups excluding carboxylic acids is 1. The molecule has 0 bridgehead atoms. The molecular weight excluding hydrogens is 460 g/mol. The Morgan fingerprint density at radius 1 is 1.10 bits per heavy atom. The van der Waals surface area contributed by atoms with E-state index >= 15 is 0 Å². The molecule has 1 heterocycles. The van der Waals surface area contributed by atoms with E-state index in [-0.39, 0.29) is 23.8 Å². The number of fused-ring (bicyclic) bond motifs is 1. The maximum absolute atomic E-state index is 14.1. The quantitative estimate of drug-likeness (QED) is 0.266. The van der Waals surface area contributed by atoms with Crippen molar-refractivity contribution in [2.24, 2.45) is 0 Å². The van der Waals surface area contributed by atoms with Gasteiger partial charge in [-0.3, -0.25) is 9.69 Å². The molecule has 0 fully saturated rings. The summed E-state index contributed by atoms with van der Waals surface area (Å²) in [6, 6.07) is 12.2. The predicted octanol–water partition coefficient (Wildman–Crippen LogP) is 5.85. The molecule has 1 amide bonds. The highest BCUT2D eigenvalue weighted by molar-refractivity contribution is 7.99. The summed E-state index contributed by atoms with van der Waals surface area (Å²) in [6.45, 7) is 1.31. The number of hydrogen-bond donors (Lipinski definition) is 0. The minimum atomic E-state index is -0.701. The molecule has 0 aliphatic heterocycles. The Hall–Kier alpha value is -1.74. The van der Waals surface area contributed by atoms with E-state index in [4.69, 9.17) is 0 Å². The van der Waals surface area contributed by atoms with Crippen LogP contribution in [0.1, 0.15) is 19.3 Å². The fraction of sp³-hybridized carbons (Fsp3) is 0.364. The SMILES string of the molecule is CN(C)CCCN(C(=O)CCCSc1ccccc1)c1nc2c(F)cc(F)cc2s1.Cl. The summed E-state index contributed by atoms with van der Waals surface area (Å²) in [5.74, 6) is -0.547. The standard InChI is InChI=1S/C22H25F2N3OS2.ClH/c1-26(2)11-7-12-27(20(28)10-6-13-29-17-8-4-3-5-9-17)22-25-21-18(24)14-16(23)15-19(21)30-22;/h3-5,8-9,14-15H,6-7,10-13H2,1-2H3;1H. The van der Waals surface area contributed by atoms with E-state index in [9.17, 15) is 13.6 Å². The van der Waals surface area contributed by atoms with E-state index in [2.05, 4.69) is 17.1 Å². The Morgan fingerprint density at radius 3 is 2.55 bits per heavy atom. The molecule has 2 aromatic carbocycles. The molecule has 31 heavy (non-hydrogen) atoms. The Bertz CT molecular complexity index is 986. The van der Waals surface area contributed by atoms with Gasteiger partial charge in [-0.1, -0.05) is 29.5 Å². The summed E-state index contributed by atoms with van der Waals surface area (Å²) in [7, 11) is 3.95. The second kappa shape index (κ2) is 12.3. The molecule has 0 radical (unpaired) electrons. The molecular formula is C22H26ClF2N3OS2. The first-order valence-electron chi connectivity index (χ1n) is 9.82. The topological polar surface area (TPSA) is 36.4 Å². The highest BCUT2D eigenvalue weighted by atomic mass is 35.5. The lowest BCUT2D eigenvalue weighted by atomic mass is 10.3. The molecule has 0 aliphatic carbocycles. The number of rotatable bonds is 10. The number of carbonyl (C=O) groups is 1. The smallest absolute Gasteiger partial charge is 0.228 e. The maximum Gasteiger partial charge on any atom is 0.228 e. The van der Waals surface area contributed by atoms with Crippen LogP contribution in [0.4, 0.5) is 13.9 Å². The Balaban J connectivity index is 0.00000341. The Morgan fingerprint density at radius 2 is 1.84 bits per heavy atom. The van der Waals surface area contributed by atoms with Gasteiger partial charge < -0.3 is 4.90 Å². The lowest BCUT2D eigenvalue weighted by molar-refractivity contribution is -0.118. The van der Waals surface area contributed by atoms with Gasteiger partial charge in [0.05, 0.1) is 4.70 Å². The first-order valence-corrected chi connectivity index (χ1v) is 11.6. The van der Waals surface area contributed by atoms with E-state index < -0.39 is 11.6 Å². The van der Waals surface area contributed by atoms with E-state index in [1.54, 1.807) is 16.7 Å². The number of halogens is 3. The van der Waals surface area contributed by atoms with Crippen molar-refractivity contribution < 1.29 is 13.6 Å². The number of hydrogen-bond acceptors (Lipinski definition) is 5. The second-order valence-electron chi connectivity index (χ2n) is 7.20. The fourth-order valence-electron chi connectivity index (χ4n) is 3.00. The van der Waals surface area contributed by atoms with Crippen molar-refractivity contribution >= 4 is 56.8 Å². The highest BCUT2D eigenvalue weighted by Crippen LogP contribution is 2.32. The Kier molecular flexibility index (Phi) is 10.2. The average Bonchev–Trinajstić information content (AvgIpc) is 3.13. The summed E-state index contributed by atoms with van der Waals surface area (Å²) in [6.07, 6.45) is 1.88. The van der Waals surface area contributed by atoms with Gasteiger partial charge in [-0.25, -0.2) is 13.8 Å². The van der Waals surface area contributed by atoms with Gasteiger partial charge in [0.2, 0.25) is 5.91 Å². The van der Waals surface area contributed by atoms with E-state index in [0.717, 1.165) is 42.5 Å². The van der Waals surface area contributed by atoms with Crippen molar-refractivity contribution in [2.45, 2.75) is 24.2 Å². The van der Waals surface area contributed by atoms with Crippen molar-refractivity contribution in [3.8, 4) is 0 Å². The third kappa shape index (κ3) is 7.42. The molecule has 168 valence electrons. The van der Waals surface area contributed by atoms with Crippen LogP contribution in [0.3, 0.4) is 0 Å². The number of anilines is 1. The summed E-state index contributed by atoms with van der Waals surface area (Å²) in [5.41, 5.74) is 0.112. The van der Waals surface area contributed by atoms with Gasteiger partial charge >= 0.3 is 0 Å². The average molecular weight is 486 g/mol. The zero-order chi connectivity index (χ0) is 21.5. The fourth-order valence-corrected chi connectivity index (χ4v) is 4.92. The van der Waals surface area contributed by atoms with Crippen molar-refractivity contribution in [3.05, 3.63) is 54.1 Å². The van der Waals surface area contributed by atoms with Gasteiger partial charge in [0.15, 0.2) is 10.9 Å². The molecule has 0 atom stereocenters. The minimum absolute atomic E-state index is 0. The lowest BCUT2D eigenvalue weighted by Crippen LogP contribution is -2.33. The van der Waals surface area contributed by atoms with E-state index in [0.29, 0.717) is 22.8 Å². The first-order chi connectivity index (χ1) is 14.4. The zero-order valence-electron chi connectivity index (χ0n) is 17.5. The first kappa shape index (κ1) is 25.5. The van der Waals surface area contributed by atoms with E-state index in [1.807, 2.05) is 37.2 Å². The summed E-state index contributed by atoms with van der Waals surface area (Å²) >= 11 is 2.87. The highest BCUT2D eigenvalue weighted by Gasteiger charge is 2.21. The van der Waals surface area contributed by atoms with E-state index in [1.165, 1.54) is 11.0 Å². The van der Waals surface area contributed by atoms with Crippen LogP contribution in [0.25, 0.3) is 10.2 Å². The second-order valence-corrected chi connectivity index (χ2v) is 9.38. The molecule has 0 aliphatic rings. The van der Waals surface area contributed by atoms with Gasteiger partial charge in [0.25, 0.3) is 0 Å². The van der Waals surface area contributed by atoms with Crippen molar-refractivity contribution in [1.82, 2.24) is 9.88 Å². The van der Waals surface area contributed by atoms with Gasteiger partial charge in [-0.05, 0) is 57.4 Å². The van der Waals surface area contributed by atoms with Gasteiger partial charge in [-0.15, -0.1) is 24.2 Å². The summed E-state index contributed by atoms with van der Waals surface area (Å²) < 4.78 is 28.0. The Labute approximate surface area is 196 Å². The molecule has 9 heteroatoms. The molecule has 0 spiro atoms. The third-order valence-corrected chi connectivity index (χ3v) is 6.59. The van der Waals surface area contributed by atoms with Crippen LogP contribution in [0, 0.1) is 11.6 Å². The number of aromatic nitrogens is 1. The molecule has 4 nitrogen and oxygen atoms in total. The number of thioether (sulfide) groups is 1. The van der Waals surface area contributed by atoms with Crippen molar-refractivity contribution in [3.63, 3.8) is 0 Å². The molecule has 0 unspecified atom stereocenters. The minimum Gasteiger partial charge on any atom is -0.309 e. The number of thiazole rings is 1. The predicted molar refractivity (Wildman–Crippen MR) is 129 cm³/mol. The van der Waals surface area contributed by atoms with Crippen LogP contribution >= 0.6 is 35.5 Å². The normalized spacial score (nSPS) is 11.0. The molecule has 0 saturated heterocycles. The third-order valence-electron chi connectivity index (χ3n) is 4.47. The number of amides is 1. The van der Waals surface area contributed by atoms with Crippen molar-refractivity contribution in [1.29, 1.82) is 0 Å². The molecule has 0 N–H and O–H groups in total. The summed E-state index contributed by atoms with van der Waals surface area (Å²) in [4.78, 5) is 22.1.